The van der Waals surface area contributed by atoms with Crippen LogP contribution in [0.4, 0.5) is 0 Å². The molecule has 1 rings (SSSR count). The molecule has 0 atom stereocenters. The maximum Gasteiger partial charge on any atom is 0.376 e. The number of nitrogens with zero attached hydrogens (tertiary/aromatic N) is 3. The molecule has 2 N–H and O–H groups in total. The number of esters is 1. The molecular formula is C6H8N4O3. The molecule has 7 nitrogen and oxygen atoms in total. The lowest BCUT2D eigenvalue weighted by Crippen LogP contribution is -2.21. The first-order valence-corrected chi connectivity index (χ1v) is 3.39. The van der Waals surface area contributed by atoms with Crippen LogP contribution in [0.25, 0.3) is 0 Å². The molecule has 7 heteroatoms. The van der Waals surface area contributed by atoms with E-state index < -0.39 is 11.9 Å². The van der Waals surface area contributed by atoms with E-state index in [9.17, 15) is 9.59 Å². The molecule has 0 radical (unpaired) electrons. The minimum absolute atomic E-state index is 0.0405. The number of hydrogen-bond acceptors (Lipinski definition) is 5. The van der Waals surface area contributed by atoms with Gasteiger partial charge in [0.05, 0.1) is 7.11 Å². The van der Waals surface area contributed by atoms with Crippen LogP contribution in [0, 0.1) is 0 Å². The molecule has 0 aliphatic heterocycles. The number of aromatic nitrogens is 3. The zero-order chi connectivity index (χ0) is 9.84. The zero-order valence-electron chi connectivity index (χ0n) is 6.93. The number of hydrogen-bond donors (Lipinski definition) is 1. The summed E-state index contributed by atoms with van der Waals surface area (Å²) < 4.78 is 5.62. The molecule has 70 valence electrons. The summed E-state index contributed by atoms with van der Waals surface area (Å²) in [5.74, 6) is -1.27. The quantitative estimate of drug-likeness (QED) is 0.579. The molecule has 1 amide bonds. The van der Waals surface area contributed by atoms with Gasteiger partial charge in [-0.3, -0.25) is 9.36 Å². The van der Waals surface area contributed by atoms with Gasteiger partial charge in [-0.1, -0.05) is 0 Å². The second-order valence-corrected chi connectivity index (χ2v) is 2.24. The van der Waals surface area contributed by atoms with Crippen molar-refractivity contribution in [3.63, 3.8) is 0 Å². The first-order chi connectivity index (χ1) is 6.15. The second kappa shape index (κ2) is 3.65. The van der Waals surface area contributed by atoms with E-state index in [1.165, 1.54) is 18.0 Å². The van der Waals surface area contributed by atoms with Crippen LogP contribution in [-0.4, -0.2) is 33.8 Å². The molecule has 1 aromatic rings. The number of ether oxygens (including phenoxy) is 1. The van der Waals surface area contributed by atoms with Gasteiger partial charge in [0.15, 0.2) is 0 Å². The molecule has 13 heavy (non-hydrogen) atoms. The van der Waals surface area contributed by atoms with Crippen molar-refractivity contribution in [3.05, 3.63) is 12.2 Å². The van der Waals surface area contributed by atoms with E-state index in [4.69, 9.17) is 5.73 Å². The highest BCUT2D eigenvalue weighted by Crippen LogP contribution is 1.96. The maximum atomic E-state index is 11.0. The third kappa shape index (κ3) is 2.01. The van der Waals surface area contributed by atoms with Crippen LogP contribution in [0.5, 0.6) is 0 Å². The molecular weight excluding hydrogens is 176 g/mol. The van der Waals surface area contributed by atoms with Gasteiger partial charge in [0, 0.05) is 0 Å². The van der Waals surface area contributed by atoms with Crippen LogP contribution in [0.2, 0.25) is 0 Å². The van der Waals surface area contributed by atoms with E-state index in [0.29, 0.717) is 0 Å². The van der Waals surface area contributed by atoms with Crippen molar-refractivity contribution in [2.45, 2.75) is 6.54 Å². The number of nitrogens with two attached hydrogens (primary N) is 1. The fraction of sp³-hybridized carbons (Fsp3) is 0.333. The van der Waals surface area contributed by atoms with Crippen molar-refractivity contribution >= 4 is 11.9 Å². The van der Waals surface area contributed by atoms with E-state index >= 15 is 0 Å². The molecule has 0 saturated carbocycles. The van der Waals surface area contributed by atoms with Gasteiger partial charge in [0.2, 0.25) is 11.7 Å². The highest BCUT2D eigenvalue weighted by molar-refractivity contribution is 5.86. The Morgan fingerprint density at radius 1 is 1.69 bits per heavy atom. The summed E-state index contributed by atoms with van der Waals surface area (Å²) in [4.78, 5) is 21.5. The SMILES string of the molecule is COC(=O)c1nncn1CC(N)=O. The Kier molecular flexibility index (Phi) is 2.58. The van der Waals surface area contributed by atoms with Crippen molar-refractivity contribution < 1.29 is 14.3 Å². The van der Waals surface area contributed by atoms with E-state index in [2.05, 4.69) is 14.9 Å². The minimum Gasteiger partial charge on any atom is -0.463 e. The summed E-state index contributed by atoms with van der Waals surface area (Å²) in [6.45, 7) is -0.141. The normalized spacial score (nSPS) is 9.62. The van der Waals surface area contributed by atoms with Crippen LogP contribution in [0.3, 0.4) is 0 Å². The molecule has 0 aliphatic carbocycles. The standard InChI is InChI=1S/C6H8N4O3/c1-13-6(12)5-9-8-3-10(5)2-4(7)11/h3H,2H2,1H3,(H2,7,11). The summed E-state index contributed by atoms with van der Waals surface area (Å²) in [6.07, 6.45) is 1.23. The molecule has 0 saturated heterocycles. The van der Waals surface area contributed by atoms with E-state index in [-0.39, 0.29) is 12.4 Å². The third-order valence-electron chi connectivity index (χ3n) is 1.31. The van der Waals surface area contributed by atoms with Gasteiger partial charge in [0.1, 0.15) is 12.9 Å². The first-order valence-electron chi connectivity index (χ1n) is 3.39. The van der Waals surface area contributed by atoms with Gasteiger partial charge < -0.3 is 10.5 Å². The predicted octanol–water partition coefficient (Wildman–Crippen LogP) is -1.45. The Morgan fingerprint density at radius 2 is 2.38 bits per heavy atom. The second-order valence-electron chi connectivity index (χ2n) is 2.24. The fourth-order valence-electron chi connectivity index (χ4n) is 0.788. The minimum atomic E-state index is -0.654. The topological polar surface area (TPSA) is 100 Å². The Bertz CT molecular complexity index is 332. The molecule has 0 fully saturated rings. The highest BCUT2D eigenvalue weighted by atomic mass is 16.5. The summed E-state index contributed by atoms with van der Waals surface area (Å²) in [6, 6.07) is 0. The largest absolute Gasteiger partial charge is 0.463 e. The van der Waals surface area contributed by atoms with Crippen LogP contribution in [0.1, 0.15) is 10.6 Å². The van der Waals surface area contributed by atoms with Crippen molar-refractivity contribution in [1.82, 2.24) is 14.8 Å². The van der Waals surface area contributed by atoms with Gasteiger partial charge in [-0.2, -0.15) is 0 Å². The van der Waals surface area contributed by atoms with Crippen molar-refractivity contribution in [1.29, 1.82) is 0 Å². The Morgan fingerprint density at radius 3 is 2.92 bits per heavy atom. The van der Waals surface area contributed by atoms with Crippen molar-refractivity contribution in [2.75, 3.05) is 7.11 Å². The lowest BCUT2D eigenvalue weighted by Gasteiger charge is -2.00. The number of rotatable bonds is 3. The van der Waals surface area contributed by atoms with Gasteiger partial charge in [0.25, 0.3) is 0 Å². The van der Waals surface area contributed by atoms with Crippen LogP contribution in [0.15, 0.2) is 6.33 Å². The molecule has 1 heterocycles. The Hall–Kier alpha value is -1.92. The van der Waals surface area contributed by atoms with Crippen LogP contribution >= 0.6 is 0 Å². The number of amides is 1. The summed E-state index contributed by atoms with van der Waals surface area (Å²) in [5, 5.41) is 6.92. The monoisotopic (exact) mass is 184 g/mol. The third-order valence-corrected chi connectivity index (χ3v) is 1.31. The van der Waals surface area contributed by atoms with Gasteiger partial charge in [-0.25, -0.2) is 4.79 Å². The number of primary amides is 1. The Labute approximate surface area is 73.5 Å². The van der Waals surface area contributed by atoms with Gasteiger partial charge in [-0.05, 0) is 0 Å². The van der Waals surface area contributed by atoms with Gasteiger partial charge >= 0.3 is 5.97 Å². The molecule has 0 aliphatic rings. The number of carbonyl (C=O) groups excluding carboxylic acids is 2. The first kappa shape index (κ1) is 9.17. The molecule has 0 spiro atoms. The Balaban J connectivity index is 2.89. The molecule has 0 aromatic carbocycles. The van der Waals surface area contributed by atoms with Crippen molar-refractivity contribution in [2.24, 2.45) is 5.73 Å². The smallest absolute Gasteiger partial charge is 0.376 e. The van der Waals surface area contributed by atoms with E-state index in [0.717, 1.165) is 0 Å². The highest BCUT2D eigenvalue weighted by Gasteiger charge is 2.14. The lowest BCUT2D eigenvalue weighted by molar-refractivity contribution is -0.118. The fourth-order valence-corrected chi connectivity index (χ4v) is 0.788. The molecule has 0 unspecified atom stereocenters. The van der Waals surface area contributed by atoms with Gasteiger partial charge in [-0.15, -0.1) is 10.2 Å². The van der Waals surface area contributed by atoms with Crippen LogP contribution < -0.4 is 5.73 Å². The average Bonchev–Trinajstić information content (AvgIpc) is 2.50. The van der Waals surface area contributed by atoms with Crippen LogP contribution in [-0.2, 0) is 16.1 Å². The number of methoxy groups -OCH3 is 1. The lowest BCUT2D eigenvalue weighted by atomic mass is 10.5. The maximum absolute atomic E-state index is 11.0. The summed E-state index contributed by atoms with van der Waals surface area (Å²) in [7, 11) is 1.21. The molecule has 0 bridgehead atoms. The summed E-state index contributed by atoms with van der Waals surface area (Å²) >= 11 is 0. The van der Waals surface area contributed by atoms with E-state index in [1.54, 1.807) is 0 Å². The van der Waals surface area contributed by atoms with Crippen molar-refractivity contribution in [3.8, 4) is 0 Å². The number of carbonyl (C=O) groups is 2. The average molecular weight is 184 g/mol. The summed E-state index contributed by atoms with van der Waals surface area (Å²) in [5.41, 5.74) is 4.93. The molecule has 1 aromatic heterocycles. The van der Waals surface area contributed by atoms with E-state index in [1.807, 2.05) is 0 Å². The predicted molar refractivity (Wildman–Crippen MR) is 40.6 cm³/mol. The zero-order valence-corrected chi connectivity index (χ0v) is 6.93.